The van der Waals surface area contributed by atoms with Gasteiger partial charge in [-0.3, -0.25) is 0 Å². The van der Waals surface area contributed by atoms with Gasteiger partial charge >= 0.3 is 0 Å². The van der Waals surface area contributed by atoms with E-state index in [0.717, 1.165) is 35.1 Å². The Balaban J connectivity index is 2.86. The number of allylic oxidation sites excluding steroid dienone is 1. The van der Waals surface area contributed by atoms with Crippen LogP contribution in [0.5, 0.6) is 0 Å². The second-order valence-electron chi connectivity index (χ2n) is 7.49. The van der Waals surface area contributed by atoms with Crippen molar-refractivity contribution in [2.75, 3.05) is 0 Å². The molecule has 0 aliphatic heterocycles. The standard InChI is InChI=1S/C24H31FO/c1-6-7-8-9-20-21(16(2)3)14-22(17(4)5)23(15-26)24(20)18-10-12-19(25)13-11-18/h8-14,16-17,26H,6-7,15H2,1-5H3. The van der Waals surface area contributed by atoms with E-state index in [1.807, 2.05) is 12.1 Å². The van der Waals surface area contributed by atoms with Gasteiger partial charge in [0.05, 0.1) is 6.61 Å². The molecule has 1 nitrogen and oxygen atoms in total. The molecule has 140 valence electrons. The number of rotatable bonds is 7. The predicted octanol–water partition coefficient (Wildman–Crippen LogP) is 7.05. The Kier molecular flexibility index (Phi) is 7.16. The Morgan fingerprint density at radius 2 is 1.62 bits per heavy atom. The summed E-state index contributed by atoms with van der Waals surface area (Å²) in [6.45, 7) is 10.8. The van der Waals surface area contributed by atoms with E-state index in [1.54, 1.807) is 0 Å². The first-order valence-corrected chi connectivity index (χ1v) is 9.63. The second-order valence-corrected chi connectivity index (χ2v) is 7.49. The molecule has 2 rings (SSSR count). The fraction of sp³-hybridized carbons (Fsp3) is 0.417. The molecule has 0 aliphatic rings. The Morgan fingerprint density at radius 1 is 1.00 bits per heavy atom. The molecular weight excluding hydrogens is 323 g/mol. The minimum absolute atomic E-state index is 0.0206. The van der Waals surface area contributed by atoms with Gasteiger partial charge in [-0.25, -0.2) is 4.39 Å². The van der Waals surface area contributed by atoms with Crippen LogP contribution in [0.15, 0.2) is 36.4 Å². The molecule has 0 heterocycles. The predicted molar refractivity (Wildman–Crippen MR) is 110 cm³/mol. The van der Waals surface area contributed by atoms with Crippen molar-refractivity contribution in [3.63, 3.8) is 0 Å². The summed E-state index contributed by atoms with van der Waals surface area (Å²) in [6.07, 6.45) is 6.49. The number of hydrogen-bond acceptors (Lipinski definition) is 1. The largest absolute Gasteiger partial charge is 0.392 e. The summed E-state index contributed by atoms with van der Waals surface area (Å²) in [5.41, 5.74) is 6.53. The van der Waals surface area contributed by atoms with Crippen molar-refractivity contribution < 1.29 is 9.50 Å². The zero-order valence-electron chi connectivity index (χ0n) is 16.6. The van der Waals surface area contributed by atoms with E-state index in [4.69, 9.17) is 0 Å². The summed E-state index contributed by atoms with van der Waals surface area (Å²) in [4.78, 5) is 0. The monoisotopic (exact) mass is 354 g/mol. The molecule has 26 heavy (non-hydrogen) atoms. The number of aliphatic hydroxyl groups excluding tert-OH is 1. The van der Waals surface area contributed by atoms with Crippen LogP contribution in [0.4, 0.5) is 4.39 Å². The molecule has 0 fully saturated rings. The smallest absolute Gasteiger partial charge is 0.123 e. The first-order valence-electron chi connectivity index (χ1n) is 9.63. The SMILES string of the molecule is CCCC=Cc1c(C(C)C)cc(C(C)C)c(CO)c1-c1ccc(F)cc1. The lowest BCUT2D eigenvalue weighted by molar-refractivity contribution is 0.280. The topological polar surface area (TPSA) is 20.2 Å². The van der Waals surface area contributed by atoms with Gasteiger partial charge in [-0.2, -0.15) is 0 Å². The van der Waals surface area contributed by atoms with Gasteiger partial charge in [0.1, 0.15) is 5.82 Å². The van der Waals surface area contributed by atoms with Crippen LogP contribution < -0.4 is 0 Å². The molecule has 0 amide bonds. The molecule has 0 aromatic heterocycles. The lowest BCUT2D eigenvalue weighted by atomic mass is 9.81. The van der Waals surface area contributed by atoms with Crippen LogP contribution in [-0.2, 0) is 6.61 Å². The lowest BCUT2D eigenvalue weighted by Gasteiger charge is -2.24. The molecule has 0 spiro atoms. The van der Waals surface area contributed by atoms with Crippen LogP contribution in [0.25, 0.3) is 17.2 Å². The number of benzene rings is 2. The highest BCUT2D eigenvalue weighted by atomic mass is 19.1. The van der Waals surface area contributed by atoms with Crippen molar-refractivity contribution >= 4 is 6.08 Å². The molecule has 2 heteroatoms. The summed E-state index contributed by atoms with van der Waals surface area (Å²) in [7, 11) is 0. The third-order valence-electron chi connectivity index (χ3n) is 4.82. The molecule has 0 unspecified atom stereocenters. The van der Waals surface area contributed by atoms with Gasteiger partial charge in [0, 0.05) is 0 Å². The van der Waals surface area contributed by atoms with Gasteiger partial charge in [-0.05, 0) is 63.8 Å². The van der Waals surface area contributed by atoms with Crippen molar-refractivity contribution in [2.45, 2.75) is 65.9 Å². The minimum atomic E-state index is -0.244. The molecule has 1 N–H and O–H groups in total. The van der Waals surface area contributed by atoms with E-state index in [1.165, 1.54) is 23.3 Å². The number of unbranched alkanes of at least 4 members (excludes halogenated alkanes) is 1. The number of halogens is 1. The Hall–Kier alpha value is -1.93. The molecule has 0 saturated carbocycles. The molecule has 0 saturated heterocycles. The molecule has 2 aromatic carbocycles. The van der Waals surface area contributed by atoms with Gasteiger partial charge in [0.15, 0.2) is 0 Å². The van der Waals surface area contributed by atoms with E-state index in [2.05, 4.69) is 52.8 Å². The van der Waals surface area contributed by atoms with E-state index >= 15 is 0 Å². The average Bonchev–Trinajstić information content (AvgIpc) is 2.61. The van der Waals surface area contributed by atoms with Crippen molar-refractivity contribution in [2.24, 2.45) is 0 Å². The highest BCUT2D eigenvalue weighted by Gasteiger charge is 2.20. The third-order valence-corrected chi connectivity index (χ3v) is 4.82. The Labute approximate surface area is 157 Å². The molecule has 0 bridgehead atoms. The number of aliphatic hydroxyl groups is 1. The summed E-state index contributed by atoms with van der Waals surface area (Å²) in [5, 5.41) is 10.2. The summed E-state index contributed by atoms with van der Waals surface area (Å²) in [6, 6.07) is 8.87. The lowest BCUT2D eigenvalue weighted by Crippen LogP contribution is -2.06. The summed E-state index contributed by atoms with van der Waals surface area (Å²) >= 11 is 0. The maximum absolute atomic E-state index is 13.5. The second kappa shape index (κ2) is 9.14. The molecular formula is C24H31FO. The summed E-state index contributed by atoms with van der Waals surface area (Å²) < 4.78 is 13.5. The molecule has 0 atom stereocenters. The average molecular weight is 355 g/mol. The van der Waals surface area contributed by atoms with Crippen molar-refractivity contribution in [1.82, 2.24) is 0 Å². The van der Waals surface area contributed by atoms with Crippen molar-refractivity contribution in [1.29, 1.82) is 0 Å². The third kappa shape index (κ3) is 4.42. The first-order chi connectivity index (χ1) is 12.4. The van der Waals surface area contributed by atoms with Gasteiger partial charge in [0.25, 0.3) is 0 Å². The molecule has 0 radical (unpaired) electrons. The quantitative estimate of drug-likeness (QED) is 0.565. The Morgan fingerprint density at radius 3 is 2.12 bits per heavy atom. The van der Waals surface area contributed by atoms with Gasteiger partial charge in [0.2, 0.25) is 0 Å². The van der Waals surface area contributed by atoms with Crippen molar-refractivity contribution in [3.05, 3.63) is 64.5 Å². The van der Waals surface area contributed by atoms with E-state index in [9.17, 15) is 9.50 Å². The van der Waals surface area contributed by atoms with Crippen LogP contribution in [0.3, 0.4) is 0 Å². The fourth-order valence-corrected chi connectivity index (χ4v) is 3.44. The maximum atomic E-state index is 13.5. The molecule has 2 aromatic rings. The van der Waals surface area contributed by atoms with Crippen LogP contribution in [0.1, 0.15) is 81.5 Å². The van der Waals surface area contributed by atoms with E-state index in [0.29, 0.717) is 11.8 Å². The van der Waals surface area contributed by atoms with E-state index in [-0.39, 0.29) is 12.4 Å². The fourth-order valence-electron chi connectivity index (χ4n) is 3.44. The normalized spacial score (nSPS) is 11.9. The Bertz CT molecular complexity index is 755. The maximum Gasteiger partial charge on any atom is 0.123 e. The van der Waals surface area contributed by atoms with Gasteiger partial charge < -0.3 is 5.11 Å². The van der Waals surface area contributed by atoms with E-state index < -0.39 is 0 Å². The van der Waals surface area contributed by atoms with Gasteiger partial charge in [-0.15, -0.1) is 0 Å². The molecule has 0 aliphatic carbocycles. The van der Waals surface area contributed by atoms with Crippen LogP contribution in [-0.4, -0.2) is 5.11 Å². The van der Waals surface area contributed by atoms with Crippen molar-refractivity contribution in [3.8, 4) is 11.1 Å². The number of hydrogen-bond donors (Lipinski definition) is 1. The minimum Gasteiger partial charge on any atom is -0.392 e. The first kappa shape index (κ1) is 20.4. The zero-order valence-corrected chi connectivity index (χ0v) is 16.6. The van der Waals surface area contributed by atoms with Crippen LogP contribution in [0.2, 0.25) is 0 Å². The summed E-state index contributed by atoms with van der Waals surface area (Å²) in [5.74, 6) is 0.426. The highest BCUT2D eigenvalue weighted by molar-refractivity contribution is 5.81. The zero-order chi connectivity index (χ0) is 19.3. The van der Waals surface area contributed by atoms with Crippen LogP contribution >= 0.6 is 0 Å². The van der Waals surface area contributed by atoms with Gasteiger partial charge in [-0.1, -0.05) is 71.4 Å². The van der Waals surface area contributed by atoms with Crippen LogP contribution in [0, 0.1) is 5.82 Å². The highest BCUT2D eigenvalue weighted by Crippen LogP contribution is 2.39.